The zero-order valence-electron chi connectivity index (χ0n) is 11.8. The first kappa shape index (κ1) is 14.4. The zero-order chi connectivity index (χ0) is 14.4. The predicted molar refractivity (Wildman–Crippen MR) is 76.5 cm³/mol. The molecule has 0 spiro atoms. The molecule has 0 aliphatic carbocycles. The lowest BCUT2D eigenvalue weighted by Crippen LogP contribution is -2.36. The number of hydrogen-bond acceptors (Lipinski definition) is 6. The number of hydrogen-bond donors (Lipinski definition) is 2. The van der Waals surface area contributed by atoms with Crippen LogP contribution in [0.1, 0.15) is 25.7 Å². The molecular formula is C13H21N5O2. The third-order valence-electron chi connectivity index (χ3n) is 3.38. The molecule has 0 saturated carbocycles. The van der Waals surface area contributed by atoms with Crippen LogP contribution in [0.25, 0.3) is 0 Å². The number of anilines is 2. The highest BCUT2D eigenvalue weighted by atomic mass is 16.5. The Hall–Kier alpha value is -2.05. The van der Waals surface area contributed by atoms with Crippen molar-refractivity contribution in [2.45, 2.75) is 25.7 Å². The van der Waals surface area contributed by atoms with Gasteiger partial charge in [0.25, 0.3) is 0 Å². The highest BCUT2D eigenvalue weighted by molar-refractivity contribution is 5.77. The first-order valence-electron chi connectivity index (χ1n) is 6.88. The average molecular weight is 279 g/mol. The number of carbonyl (C=O) groups excluding carboxylic acids is 1. The summed E-state index contributed by atoms with van der Waals surface area (Å²) in [4.78, 5) is 21.9. The molecule has 0 unspecified atom stereocenters. The van der Waals surface area contributed by atoms with Crippen molar-refractivity contribution in [1.82, 2.24) is 14.9 Å². The lowest BCUT2D eigenvalue weighted by molar-refractivity contribution is -0.131. The molecule has 0 atom stereocenters. The third kappa shape index (κ3) is 3.49. The van der Waals surface area contributed by atoms with E-state index in [0.29, 0.717) is 30.4 Å². The summed E-state index contributed by atoms with van der Waals surface area (Å²) < 4.78 is 5.02. The Balaban J connectivity index is 1.82. The largest absolute Gasteiger partial charge is 0.479 e. The van der Waals surface area contributed by atoms with Crippen molar-refractivity contribution in [1.29, 1.82) is 0 Å². The molecule has 1 amide bonds. The molecule has 2 rings (SSSR count). The van der Waals surface area contributed by atoms with Gasteiger partial charge in [0.1, 0.15) is 12.0 Å². The summed E-state index contributed by atoms with van der Waals surface area (Å²) in [7, 11) is 1.50. The minimum Gasteiger partial charge on any atom is -0.479 e. The highest BCUT2D eigenvalue weighted by Gasteiger charge is 2.16. The van der Waals surface area contributed by atoms with E-state index in [1.165, 1.54) is 19.9 Å². The SMILES string of the molecule is COc1ncnc(NCCC(=O)N2CCCCC2)c1N. The number of carbonyl (C=O) groups is 1. The van der Waals surface area contributed by atoms with Crippen LogP contribution in [0.15, 0.2) is 6.33 Å². The van der Waals surface area contributed by atoms with Crippen LogP contribution in [0.5, 0.6) is 5.88 Å². The number of nitrogens with one attached hydrogen (secondary N) is 1. The Morgan fingerprint density at radius 1 is 1.40 bits per heavy atom. The maximum absolute atomic E-state index is 12.0. The number of piperidine rings is 1. The van der Waals surface area contributed by atoms with E-state index in [-0.39, 0.29) is 5.91 Å². The number of likely N-dealkylation sites (tertiary alicyclic amines) is 1. The van der Waals surface area contributed by atoms with E-state index in [1.807, 2.05) is 4.90 Å². The van der Waals surface area contributed by atoms with Crippen LogP contribution in [0.3, 0.4) is 0 Å². The number of nitrogens with zero attached hydrogens (tertiary/aromatic N) is 3. The van der Waals surface area contributed by atoms with E-state index in [9.17, 15) is 4.79 Å². The quantitative estimate of drug-likeness (QED) is 0.831. The number of methoxy groups -OCH3 is 1. The van der Waals surface area contributed by atoms with Gasteiger partial charge in [0.05, 0.1) is 7.11 Å². The lowest BCUT2D eigenvalue weighted by atomic mass is 10.1. The number of nitrogens with two attached hydrogens (primary N) is 1. The van der Waals surface area contributed by atoms with Gasteiger partial charge in [-0.1, -0.05) is 0 Å². The lowest BCUT2D eigenvalue weighted by Gasteiger charge is -2.26. The minimum atomic E-state index is 0.178. The van der Waals surface area contributed by atoms with Crippen LogP contribution in [-0.4, -0.2) is 47.5 Å². The van der Waals surface area contributed by atoms with Crippen molar-refractivity contribution in [2.24, 2.45) is 0 Å². The van der Waals surface area contributed by atoms with Crippen molar-refractivity contribution in [2.75, 3.05) is 37.8 Å². The summed E-state index contributed by atoms with van der Waals surface area (Å²) in [6.45, 7) is 2.25. The standard InChI is InChI=1S/C13H21N5O2/c1-20-13-11(14)12(16-9-17-13)15-6-5-10(19)18-7-3-2-4-8-18/h9H,2-8,14H2,1H3,(H,15,16,17). The summed E-state index contributed by atoms with van der Waals surface area (Å²) in [5.41, 5.74) is 6.21. The van der Waals surface area contributed by atoms with Crippen LogP contribution in [0, 0.1) is 0 Å². The minimum absolute atomic E-state index is 0.178. The number of rotatable bonds is 5. The van der Waals surface area contributed by atoms with Gasteiger partial charge in [0, 0.05) is 26.1 Å². The molecule has 2 heterocycles. The molecule has 1 aromatic rings. The molecule has 3 N–H and O–H groups in total. The van der Waals surface area contributed by atoms with Gasteiger partial charge < -0.3 is 20.7 Å². The van der Waals surface area contributed by atoms with Gasteiger partial charge in [0.15, 0.2) is 5.82 Å². The molecule has 7 nitrogen and oxygen atoms in total. The highest BCUT2D eigenvalue weighted by Crippen LogP contribution is 2.23. The van der Waals surface area contributed by atoms with E-state index < -0.39 is 0 Å². The Kier molecular flexibility index (Phi) is 4.97. The average Bonchev–Trinajstić information content (AvgIpc) is 2.49. The molecule has 20 heavy (non-hydrogen) atoms. The number of ether oxygens (including phenoxy) is 1. The van der Waals surface area contributed by atoms with E-state index >= 15 is 0 Å². The zero-order valence-corrected chi connectivity index (χ0v) is 11.8. The van der Waals surface area contributed by atoms with Crippen molar-refractivity contribution in [3.8, 4) is 5.88 Å². The molecule has 7 heteroatoms. The Morgan fingerprint density at radius 3 is 2.85 bits per heavy atom. The van der Waals surface area contributed by atoms with Crippen LogP contribution >= 0.6 is 0 Å². The summed E-state index contributed by atoms with van der Waals surface area (Å²) >= 11 is 0. The Bertz CT molecular complexity index is 460. The molecular weight excluding hydrogens is 258 g/mol. The summed E-state index contributed by atoms with van der Waals surface area (Å²) in [5.74, 6) is 1.02. The predicted octanol–water partition coefficient (Wildman–Crippen LogP) is 0.882. The van der Waals surface area contributed by atoms with Gasteiger partial charge in [-0.25, -0.2) is 4.98 Å². The van der Waals surface area contributed by atoms with Crippen molar-refractivity contribution < 1.29 is 9.53 Å². The fourth-order valence-corrected chi connectivity index (χ4v) is 2.27. The maximum Gasteiger partial charge on any atom is 0.242 e. The Morgan fingerprint density at radius 2 is 2.15 bits per heavy atom. The van der Waals surface area contributed by atoms with Crippen LogP contribution < -0.4 is 15.8 Å². The second-order valence-corrected chi connectivity index (χ2v) is 4.76. The van der Waals surface area contributed by atoms with Crippen molar-refractivity contribution in [3.05, 3.63) is 6.33 Å². The monoisotopic (exact) mass is 279 g/mol. The molecule has 1 saturated heterocycles. The molecule has 1 aromatic heterocycles. The number of nitrogen functional groups attached to an aromatic ring is 1. The smallest absolute Gasteiger partial charge is 0.242 e. The van der Waals surface area contributed by atoms with Crippen molar-refractivity contribution in [3.63, 3.8) is 0 Å². The van der Waals surface area contributed by atoms with Crippen LogP contribution in [-0.2, 0) is 4.79 Å². The fourth-order valence-electron chi connectivity index (χ4n) is 2.27. The van der Waals surface area contributed by atoms with E-state index in [2.05, 4.69) is 15.3 Å². The molecule has 1 aliphatic heterocycles. The second-order valence-electron chi connectivity index (χ2n) is 4.76. The molecule has 0 bridgehead atoms. The number of amides is 1. The normalized spacial score (nSPS) is 14.9. The summed E-state index contributed by atoms with van der Waals surface area (Å²) in [6, 6.07) is 0. The molecule has 110 valence electrons. The summed E-state index contributed by atoms with van der Waals surface area (Å²) in [5, 5.41) is 3.05. The summed E-state index contributed by atoms with van der Waals surface area (Å²) in [6.07, 6.45) is 5.25. The van der Waals surface area contributed by atoms with Gasteiger partial charge in [-0.15, -0.1) is 0 Å². The van der Waals surface area contributed by atoms with Gasteiger partial charge >= 0.3 is 0 Å². The topological polar surface area (TPSA) is 93.4 Å². The third-order valence-corrected chi connectivity index (χ3v) is 3.38. The van der Waals surface area contributed by atoms with E-state index in [4.69, 9.17) is 10.5 Å². The molecule has 1 aliphatic rings. The molecule has 0 aromatic carbocycles. The molecule has 0 radical (unpaired) electrons. The van der Waals surface area contributed by atoms with Gasteiger partial charge in [-0.2, -0.15) is 4.98 Å². The van der Waals surface area contributed by atoms with E-state index in [0.717, 1.165) is 25.9 Å². The van der Waals surface area contributed by atoms with Crippen LogP contribution in [0.4, 0.5) is 11.5 Å². The maximum atomic E-state index is 12.0. The molecule has 1 fully saturated rings. The number of aromatic nitrogens is 2. The van der Waals surface area contributed by atoms with E-state index in [1.54, 1.807) is 0 Å². The van der Waals surface area contributed by atoms with Gasteiger partial charge in [-0.3, -0.25) is 4.79 Å². The van der Waals surface area contributed by atoms with Crippen molar-refractivity contribution >= 4 is 17.4 Å². The second kappa shape index (κ2) is 6.93. The fraction of sp³-hybridized carbons (Fsp3) is 0.615. The Labute approximate surface area is 118 Å². The van der Waals surface area contributed by atoms with Gasteiger partial charge in [0.2, 0.25) is 11.8 Å². The van der Waals surface area contributed by atoms with Crippen LogP contribution in [0.2, 0.25) is 0 Å². The first-order chi connectivity index (χ1) is 9.72. The first-order valence-corrected chi connectivity index (χ1v) is 6.88. The van der Waals surface area contributed by atoms with Gasteiger partial charge in [-0.05, 0) is 19.3 Å².